The van der Waals surface area contributed by atoms with Crippen molar-refractivity contribution < 1.29 is 0 Å². The smallest absolute Gasteiger partial charge is 0.231 e. The minimum atomic E-state index is 0.679. The summed E-state index contributed by atoms with van der Waals surface area (Å²) in [7, 11) is 1.87. The topological polar surface area (TPSA) is 57.2 Å². The third-order valence-electron chi connectivity index (χ3n) is 4.41. The first-order valence-electron chi connectivity index (χ1n) is 8.20. The molecule has 0 radical (unpaired) electrons. The van der Waals surface area contributed by atoms with Crippen LogP contribution in [0.1, 0.15) is 39.0 Å². The molecule has 21 heavy (non-hydrogen) atoms. The van der Waals surface area contributed by atoms with E-state index in [0.717, 1.165) is 38.1 Å². The Morgan fingerprint density at radius 3 is 2.24 bits per heavy atom. The van der Waals surface area contributed by atoms with Gasteiger partial charge in [-0.2, -0.15) is 15.0 Å². The van der Waals surface area contributed by atoms with Crippen LogP contribution in [0.4, 0.5) is 17.8 Å². The van der Waals surface area contributed by atoms with Crippen molar-refractivity contribution in [3.8, 4) is 0 Å². The van der Waals surface area contributed by atoms with E-state index in [1.54, 1.807) is 0 Å². The summed E-state index contributed by atoms with van der Waals surface area (Å²) in [5.74, 6) is 3.06. The Morgan fingerprint density at radius 2 is 1.57 bits per heavy atom. The molecule has 0 bridgehead atoms. The summed E-state index contributed by atoms with van der Waals surface area (Å²) in [6.07, 6.45) is 6.31. The van der Waals surface area contributed by atoms with E-state index in [-0.39, 0.29) is 0 Å². The fourth-order valence-electron chi connectivity index (χ4n) is 3.21. The lowest BCUT2D eigenvalue weighted by molar-refractivity contribution is 0.441. The highest BCUT2D eigenvalue weighted by molar-refractivity contribution is 5.45. The van der Waals surface area contributed by atoms with Crippen molar-refractivity contribution in [1.82, 2.24) is 15.0 Å². The first-order valence-corrected chi connectivity index (χ1v) is 8.20. The van der Waals surface area contributed by atoms with Gasteiger partial charge in [0.1, 0.15) is 0 Å². The zero-order chi connectivity index (χ0) is 14.7. The summed E-state index contributed by atoms with van der Waals surface area (Å²) in [5, 5.41) is 3.08. The number of nitrogens with one attached hydrogen (secondary N) is 1. The van der Waals surface area contributed by atoms with Gasteiger partial charge < -0.3 is 15.1 Å². The zero-order valence-corrected chi connectivity index (χ0v) is 13.2. The summed E-state index contributed by atoms with van der Waals surface area (Å²) in [6.45, 7) is 6.52. The molecule has 2 aliphatic heterocycles. The fraction of sp³-hybridized carbons (Fsp3) is 0.800. The van der Waals surface area contributed by atoms with Gasteiger partial charge in [0.2, 0.25) is 17.8 Å². The molecule has 0 amide bonds. The van der Waals surface area contributed by atoms with Crippen LogP contribution >= 0.6 is 0 Å². The summed E-state index contributed by atoms with van der Waals surface area (Å²) < 4.78 is 0. The monoisotopic (exact) mass is 290 g/mol. The molecule has 6 heteroatoms. The van der Waals surface area contributed by atoms with Gasteiger partial charge >= 0.3 is 0 Å². The van der Waals surface area contributed by atoms with E-state index in [1.807, 2.05) is 7.05 Å². The van der Waals surface area contributed by atoms with Crippen LogP contribution < -0.4 is 15.1 Å². The van der Waals surface area contributed by atoms with Gasteiger partial charge in [0.05, 0.1) is 0 Å². The Kier molecular flexibility index (Phi) is 4.41. The molecule has 1 unspecified atom stereocenters. The van der Waals surface area contributed by atoms with Crippen LogP contribution in [0.2, 0.25) is 0 Å². The molecule has 2 aliphatic rings. The maximum absolute atomic E-state index is 4.75. The van der Waals surface area contributed by atoms with Gasteiger partial charge in [-0.3, -0.25) is 0 Å². The van der Waals surface area contributed by atoms with Crippen molar-refractivity contribution in [3.05, 3.63) is 0 Å². The summed E-state index contributed by atoms with van der Waals surface area (Å²) >= 11 is 0. The van der Waals surface area contributed by atoms with Crippen molar-refractivity contribution >= 4 is 17.8 Å². The Bertz CT molecular complexity index is 471. The van der Waals surface area contributed by atoms with E-state index in [2.05, 4.69) is 32.0 Å². The third kappa shape index (κ3) is 3.36. The number of nitrogens with zero attached hydrogens (tertiary/aromatic N) is 5. The molecule has 2 saturated heterocycles. The summed E-state index contributed by atoms with van der Waals surface area (Å²) in [4.78, 5) is 18.5. The maximum atomic E-state index is 4.75. The van der Waals surface area contributed by atoms with Gasteiger partial charge in [-0.1, -0.05) is 6.92 Å². The van der Waals surface area contributed by atoms with E-state index < -0.39 is 0 Å². The molecule has 116 valence electrons. The van der Waals surface area contributed by atoms with Crippen molar-refractivity contribution in [3.63, 3.8) is 0 Å². The molecule has 1 N–H and O–H groups in total. The SMILES string of the molecule is CNc1nc(N2CCCCC2)nc(N2CCCC(C)C2)n1. The van der Waals surface area contributed by atoms with Crippen LogP contribution in [-0.2, 0) is 0 Å². The number of rotatable bonds is 3. The zero-order valence-electron chi connectivity index (χ0n) is 13.2. The number of piperidine rings is 2. The second-order valence-corrected chi connectivity index (χ2v) is 6.25. The van der Waals surface area contributed by atoms with Crippen LogP contribution in [0, 0.1) is 5.92 Å². The lowest BCUT2D eigenvalue weighted by atomic mass is 10.0. The number of aromatic nitrogens is 3. The number of hydrogen-bond donors (Lipinski definition) is 1. The molecule has 6 nitrogen and oxygen atoms in total. The molecule has 0 saturated carbocycles. The predicted molar refractivity (Wildman–Crippen MR) is 86.0 cm³/mol. The van der Waals surface area contributed by atoms with E-state index >= 15 is 0 Å². The van der Waals surface area contributed by atoms with Crippen LogP contribution in [0.3, 0.4) is 0 Å². The molecule has 0 aromatic carbocycles. The maximum Gasteiger partial charge on any atom is 0.231 e. The Morgan fingerprint density at radius 1 is 0.905 bits per heavy atom. The number of hydrogen-bond acceptors (Lipinski definition) is 6. The lowest BCUT2D eigenvalue weighted by Crippen LogP contribution is -2.37. The molecule has 1 aromatic heterocycles. The average molecular weight is 290 g/mol. The van der Waals surface area contributed by atoms with Gasteiger partial charge in [0.25, 0.3) is 0 Å². The second kappa shape index (κ2) is 6.45. The minimum absolute atomic E-state index is 0.679. The normalized spacial score (nSPS) is 23.2. The number of anilines is 3. The van der Waals surface area contributed by atoms with Crippen LogP contribution in [0.15, 0.2) is 0 Å². The average Bonchev–Trinajstić information content (AvgIpc) is 2.55. The molecule has 1 aromatic rings. The quantitative estimate of drug-likeness (QED) is 0.920. The lowest BCUT2D eigenvalue weighted by Gasteiger charge is -2.32. The van der Waals surface area contributed by atoms with Gasteiger partial charge in [-0.05, 0) is 38.0 Å². The van der Waals surface area contributed by atoms with Crippen molar-refractivity contribution in [2.45, 2.75) is 39.0 Å². The molecule has 0 spiro atoms. The Balaban J connectivity index is 1.85. The first-order chi connectivity index (χ1) is 10.3. The van der Waals surface area contributed by atoms with Crippen LogP contribution in [0.5, 0.6) is 0 Å². The van der Waals surface area contributed by atoms with E-state index in [1.165, 1.54) is 32.1 Å². The highest BCUT2D eigenvalue weighted by atomic mass is 15.4. The molecular weight excluding hydrogens is 264 g/mol. The molecule has 1 atom stereocenters. The van der Waals surface area contributed by atoms with E-state index in [0.29, 0.717) is 11.9 Å². The van der Waals surface area contributed by atoms with Gasteiger partial charge in [-0.15, -0.1) is 0 Å². The minimum Gasteiger partial charge on any atom is -0.357 e. The predicted octanol–water partition coefficient (Wildman–Crippen LogP) is 2.14. The van der Waals surface area contributed by atoms with Crippen molar-refractivity contribution in [1.29, 1.82) is 0 Å². The Labute approximate surface area is 127 Å². The van der Waals surface area contributed by atoms with Crippen molar-refractivity contribution in [2.24, 2.45) is 5.92 Å². The summed E-state index contributed by atoms with van der Waals surface area (Å²) in [6, 6.07) is 0. The first kappa shape index (κ1) is 14.4. The second-order valence-electron chi connectivity index (χ2n) is 6.25. The standard InChI is InChI=1S/C15H26N6/c1-12-7-6-10-21(11-12)15-18-13(16-2)17-14(19-15)20-8-4-3-5-9-20/h12H,3-11H2,1-2H3,(H,16,17,18,19). The van der Waals surface area contributed by atoms with E-state index in [4.69, 9.17) is 4.98 Å². The fourth-order valence-corrected chi connectivity index (χ4v) is 3.21. The van der Waals surface area contributed by atoms with Crippen LogP contribution in [-0.4, -0.2) is 48.2 Å². The highest BCUT2D eigenvalue weighted by Crippen LogP contribution is 2.23. The molecule has 0 aliphatic carbocycles. The molecular formula is C15H26N6. The van der Waals surface area contributed by atoms with Gasteiger partial charge in [-0.25, -0.2) is 0 Å². The molecule has 3 heterocycles. The summed E-state index contributed by atoms with van der Waals surface area (Å²) in [5.41, 5.74) is 0. The van der Waals surface area contributed by atoms with Gasteiger partial charge in [0.15, 0.2) is 0 Å². The van der Waals surface area contributed by atoms with Gasteiger partial charge in [0, 0.05) is 33.2 Å². The highest BCUT2D eigenvalue weighted by Gasteiger charge is 2.22. The van der Waals surface area contributed by atoms with Crippen molar-refractivity contribution in [2.75, 3.05) is 48.3 Å². The molecule has 2 fully saturated rings. The third-order valence-corrected chi connectivity index (χ3v) is 4.41. The van der Waals surface area contributed by atoms with Crippen LogP contribution in [0.25, 0.3) is 0 Å². The Hall–Kier alpha value is -1.59. The molecule has 3 rings (SSSR count). The largest absolute Gasteiger partial charge is 0.357 e. The van der Waals surface area contributed by atoms with E-state index in [9.17, 15) is 0 Å².